The summed E-state index contributed by atoms with van der Waals surface area (Å²) in [7, 11) is 0. The number of hydrogen-bond acceptors (Lipinski definition) is 3. The van der Waals surface area contributed by atoms with E-state index in [2.05, 4.69) is 5.32 Å². The number of nitrogens with one attached hydrogen (secondary N) is 1. The van der Waals surface area contributed by atoms with Gasteiger partial charge in [0, 0.05) is 42.3 Å². The summed E-state index contributed by atoms with van der Waals surface area (Å²) in [6.07, 6.45) is 0.702. The van der Waals surface area contributed by atoms with Gasteiger partial charge in [-0.05, 0) is 49.7 Å². The molecule has 2 aromatic carbocycles. The molecule has 0 saturated carbocycles. The third-order valence-electron chi connectivity index (χ3n) is 5.03. The SMILES string of the molecule is Cc1ccc2oc(C(=O)N3CCCN(C(=O)Nc4cccc(Cl)c4)CC3)cc2c1. The van der Waals surface area contributed by atoms with Crippen molar-refractivity contribution in [3.05, 3.63) is 64.9 Å². The van der Waals surface area contributed by atoms with E-state index in [0.717, 1.165) is 10.9 Å². The summed E-state index contributed by atoms with van der Waals surface area (Å²) in [6.45, 7) is 4.08. The first-order chi connectivity index (χ1) is 14.0. The van der Waals surface area contributed by atoms with Gasteiger partial charge in [-0.1, -0.05) is 29.3 Å². The van der Waals surface area contributed by atoms with Crippen LogP contribution in [0.2, 0.25) is 5.02 Å². The van der Waals surface area contributed by atoms with E-state index in [1.54, 1.807) is 40.1 Å². The van der Waals surface area contributed by atoms with Crippen LogP contribution >= 0.6 is 11.6 Å². The van der Waals surface area contributed by atoms with Crippen molar-refractivity contribution in [1.29, 1.82) is 0 Å². The summed E-state index contributed by atoms with van der Waals surface area (Å²) in [5.41, 5.74) is 2.47. The van der Waals surface area contributed by atoms with Crippen LogP contribution in [-0.2, 0) is 0 Å². The Hall–Kier alpha value is -2.99. The molecule has 1 saturated heterocycles. The van der Waals surface area contributed by atoms with Gasteiger partial charge in [-0.25, -0.2) is 4.79 Å². The Bertz CT molecular complexity index is 1060. The molecular weight excluding hydrogens is 390 g/mol. The molecule has 4 rings (SSSR count). The first-order valence-electron chi connectivity index (χ1n) is 9.60. The van der Waals surface area contributed by atoms with Crippen LogP contribution in [0.15, 0.2) is 52.9 Å². The maximum atomic E-state index is 12.9. The number of fused-ring (bicyclic) bond motifs is 1. The number of amides is 3. The first kappa shape index (κ1) is 19.3. The molecule has 0 radical (unpaired) electrons. The molecule has 1 aromatic heterocycles. The van der Waals surface area contributed by atoms with Gasteiger partial charge in [-0.15, -0.1) is 0 Å². The monoisotopic (exact) mass is 411 g/mol. The average Bonchev–Trinajstić information content (AvgIpc) is 2.95. The molecule has 2 heterocycles. The van der Waals surface area contributed by atoms with E-state index in [4.69, 9.17) is 16.0 Å². The maximum Gasteiger partial charge on any atom is 0.321 e. The number of aryl methyl sites for hydroxylation is 1. The molecule has 29 heavy (non-hydrogen) atoms. The number of nitrogens with zero attached hydrogens (tertiary/aromatic N) is 2. The van der Waals surface area contributed by atoms with Gasteiger partial charge < -0.3 is 19.5 Å². The van der Waals surface area contributed by atoms with E-state index in [9.17, 15) is 9.59 Å². The standard InChI is InChI=1S/C22H22ClN3O3/c1-15-6-7-19-16(12-15)13-20(29-19)21(27)25-8-3-9-26(11-10-25)22(28)24-18-5-2-4-17(23)14-18/h2,4-7,12-14H,3,8-11H2,1H3,(H,24,28). The van der Waals surface area contributed by atoms with Crippen LogP contribution < -0.4 is 5.32 Å². The molecule has 1 N–H and O–H groups in total. The fourth-order valence-electron chi connectivity index (χ4n) is 3.52. The highest BCUT2D eigenvalue weighted by Crippen LogP contribution is 2.22. The minimum absolute atomic E-state index is 0.143. The summed E-state index contributed by atoms with van der Waals surface area (Å²) in [5.74, 6) is 0.193. The third kappa shape index (κ3) is 4.38. The molecule has 3 aromatic rings. The zero-order valence-corrected chi connectivity index (χ0v) is 16.9. The number of benzene rings is 2. The molecule has 1 aliphatic rings. The van der Waals surface area contributed by atoms with Crippen molar-refractivity contribution in [3.8, 4) is 0 Å². The molecule has 0 spiro atoms. The minimum atomic E-state index is -0.194. The molecular formula is C22H22ClN3O3. The van der Waals surface area contributed by atoms with Crippen molar-refractivity contribution in [1.82, 2.24) is 9.80 Å². The summed E-state index contributed by atoms with van der Waals surface area (Å²) < 4.78 is 5.75. The molecule has 3 amide bonds. The van der Waals surface area contributed by atoms with E-state index >= 15 is 0 Å². The third-order valence-corrected chi connectivity index (χ3v) is 5.26. The van der Waals surface area contributed by atoms with E-state index in [0.29, 0.717) is 54.7 Å². The van der Waals surface area contributed by atoms with Crippen LogP contribution in [0.4, 0.5) is 10.5 Å². The number of rotatable bonds is 2. The fraction of sp³-hybridized carbons (Fsp3) is 0.273. The normalized spacial score (nSPS) is 14.7. The van der Waals surface area contributed by atoms with Crippen molar-refractivity contribution in [2.45, 2.75) is 13.3 Å². The van der Waals surface area contributed by atoms with Crippen LogP contribution in [0.5, 0.6) is 0 Å². The highest BCUT2D eigenvalue weighted by molar-refractivity contribution is 6.30. The molecule has 0 atom stereocenters. The lowest BCUT2D eigenvalue weighted by molar-refractivity contribution is 0.0733. The minimum Gasteiger partial charge on any atom is -0.451 e. The van der Waals surface area contributed by atoms with Gasteiger partial charge in [0.25, 0.3) is 5.91 Å². The Morgan fingerprint density at radius 3 is 2.62 bits per heavy atom. The number of carbonyl (C=O) groups is 2. The zero-order valence-electron chi connectivity index (χ0n) is 16.2. The van der Waals surface area contributed by atoms with Crippen LogP contribution in [0.1, 0.15) is 22.5 Å². The second-order valence-corrected chi connectivity index (χ2v) is 7.66. The van der Waals surface area contributed by atoms with Gasteiger partial charge in [0.1, 0.15) is 5.58 Å². The van der Waals surface area contributed by atoms with E-state index in [-0.39, 0.29) is 11.9 Å². The van der Waals surface area contributed by atoms with Crippen LogP contribution in [-0.4, -0.2) is 47.9 Å². The lowest BCUT2D eigenvalue weighted by Gasteiger charge is -2.22. The lowest BCUT2D eigenvalue weighted by Crippen LogP contribution is -2.39. The number of hydrogen-bond donors (Lipinski definition) is 1. The fourth-order valence-corrected chi connectivity index (χ4v) is 3.71. The molecule has 0 aliphatic carbocycles. The Balaban J connectivity index is 1.41. The molecule has 0 bridgehead atoms. The second kappa shape index (κ2) is 8.17. The molecule has 6 nitrogen and oxygen atoms in total. The van der Waals surface area contributed by atoms with Gasteiger partial charge in [0.05, 0.1) is 0 Å². The van der Waals surface area contributed by atoms with Crippen molar-refractivity contribution in [2.24, 2.45) is 0 Å². The van der Waals surface area contributed by atoms with E-state index < -0.39 is 0 Å². The van der Waals surface area contributed by atoms with Crippen molar-refractivity contribution in [3.63, 3.8) is 0 Å². The highest BCUT2D eigenvalue weighted by Gasteiger charge is 2.25. The van der Waals surface area contributed by atoms with E-state index in [1.807, 2.05) is 25.1 Å². The maximum absolute atomic E-state index is 12.9. The topological polar surface area (TPSA) is 65.8 Å². The van der Waals surface area contributed by atoms with Crippen molar-refractivity contribution >= 4 is 40.2 Å². The van der Waals surface area contributed by atoms with Gasteiger partial charge in [0.2, 0.25) is 0 Å². The number of halogens is 1. The Morgan fingerprint density at radius 2 is 1.79 bits per heavy atom. The smallest absolute Gasteiger partial charge is 0.321 e. The summed E-state index contributed by atoms with van der Waals surface area (Å²) in [6, 6.07) is 14.5. The number of urea groups is 1. The second-order valence-electron chi connectivity index (χ2n) is 7.23. The number of carbonyl (C=O) groups excluding carboxylic acids is 2. The summed E-state index contributed by atoms with van der Waals surface area (Å²) in [5, 5.41) is 4.35. The van der Waals surface area contributed by atoms with Gasteiger partial charge >= 0.3 is 6.03 Å². The molecule has 7 heteroatoms. The van der Waals surface area contributed by atoms with Crippen molar-refractivity contribution < 1.29 is 14.0 Å². The molecule has 1 aliphatic heterocycles. The van der Waals surface area contributed by atoms with Crippen LogP contribution in [0, 0.1) is 6.92 Å². The Kier molecular flexibility index (Phi) is 5.45. The number of anilines is 1. The van der Waals surface area contributed by atoms with E-state index in [1.165, 1.54) is 0 Å². The predicted octanol–water partition coefficient (Wildman–Crippen LogP) is 4.77. The molecule has 0 unspecified atom stereocenters. The quantitative estimate of drug-likeness (QED) is 0.660. The lowest BCUT2D eigenvalue weighted by atomic mass is 10.2. The van der Waals surface area contributed by atoms with Gasteiger partial charge in [0.15, 0.2) is 5.76 Å². The molecule has 1 fully saturated rings. The van der Waals surface area contributed by atoms with Gasteiger partial charge in [-0.3, -0.25) is 4.79 Å². The Labute approximate surface area is 174 Å². The van der Waals surface area contributed by atoms with Crippen molar-refractivity contribution in [2.75, 3.05) is 31.5 Å². The van der Waals surface area contributed by atoms with Gasteiger partial charge in [-0.2, -0.15) is 0 Å². The largest absolute Gasteiger partial charge is 0.451 e. The average molecular weight is 412 g/mol. The van der Waals surface area contributed by atoms with Crippen LogP contribution in [0.25, 0.3) is 11.0 Å². The summed E-state index contributed by atoms with van der Waals surface area (Å²) >= 11 is 5.97. The molecule has 150 valence electrons. The number of furan rings is 1. The summed E-state index contributed by atoms with van der Waals surface area (Å²) in [4.78, 5) is 29.0. The highest BCUT2D eigenvalue weighted by atomic mass is 35.5. The Morgan fingerprint density at radius 1 is 1.00 bits per heavy atom. The first-order valence-corrected chi connectivity index (χ1v) is 9.98. The predicted molar refractivity (Wildman–Crippen MR) is 114 cm³/mol. The van der Waals surface area contributed by atoms with Crippen LogP contribution in [0.3, 0.4) is 0 Å². The zero-order chi connectivity index (χ0) is 20.4.